The molecule has 8 heteroatoms. The molecule has 0 saturated carbocycles. The van der Waals surface area contributed by atoms with E-state index >= 15 is 0 Å². The summed E-state index contributed by atoms with van der Waals surface area (Å²) in [6.07, 6.45) is 2.21. The van der Waals surface area contributed by atoms with Crippen LogP contribution in [0.3, 0.4) is 0 Å². The highest BCUT2D eigenvalue weighted by Gasteiger charge is 2.34. The molecule has 4 nitrogen and oxygen atoms in total. The van der Waals surface area contributed by atoms with Gasteiger partial charge in [-0.25, -0.2) is 4.79 Å². The SMILES string of the molecule is COC(=O)c1sc(C(=O)CC(C)(O)c2cc(Cl)c(Cl)c(Cl)c2)c2c1CCC2. The van der Waals surface area contributed by atoms with Crippen LogP contribution in [0.5, 0.6) is 0 Å². The zero-order valence-electron chi connectivity index (χ0n) is 14.7. The molecule has 2 aromatic rings. The molecule has 27 heavy (non-hydrogen) atoms. The fraction of sp³-hybridized carbons (Fsp3) is 0.368. The van der Waals surface area contributed by atoms with E-state index in [0.29, 0.717) is 15.3 Å². The third-order valence-corrected chi connectivity index (χ3v) is 7.20. The van der Waals surface area contributed by atoms with E-state index in [1.165, 1.54) is 26.2 Å². The van der Waals surface area contributed by atoms with Crippen LogP contribution in [0.25, 0.3) is 0 Å². The molecule has 1 aromatic heterocycles. The maximum atomic E-state index is 13.0. The van der Waals surface area contributed by atoms with Gasteiger partial charge in [-0.3, -0.25) is 4.79 Å². The van der Waals surface area contributed by atoms with Gasteiger partial charge in [0.2, 0.25) is 0 Å². The molecule has 1 aromatic carbocycles. The van der Waals surface area contributed by atoms with Crippen molar-refractivity contribution in [2.75, 3.05) is 7.11 Å². The average Bonchev–Trinajstić information content (AvgIpc) is 3.20. The van der Waals surface area contributed by atoms with Gasteiger partial charge in [0.25, 0.3) is 0 Å². The Morgan fingerprint density at radius 2 is 1.70 bits per heavy atom. The van der Waals surface area contributed by atoms with E-state index in [2.05, 4.69) is 0 Å². The summed E-state index contributed by atoms with van der Waals surface area (Å²) >= 11 is 19.2. The van der Waals surface area contributed by atoms with Crippen LogP contribution in [0.15, 0.2) is 12.1 Å². The van der Waals surface area contributed by atoms with Crippen LogP contribution in [0.2, 0.25) is 15.1 Å². The molecular formula is C19H17Cl3O4S. The molecule has 3 rings (SSSR count). The highest BCUT2D eigenvalue weighted by Crippen LogP contribution is 2.40. The van der Waals surface area contributed by atoms with Crippen LogP contribution in [-0.4, -0.2) is 24.0 Å². The summed E-state index contributed by atoms with van der Waals surface area (Å²) in [6, 6.07) is 3.00. The molecule has 0 aliphatic heterocycles. The minimum Gasteiger partial charge on any atom is -0.465 e. The highest BCUT2D eigenvalue weighted by molar-refractivity contribution is 7.16. The third-order valence-electron chi connectivity index (χ3n) is 4.70. The van der Waals surface area contributed by atoms with Gasteiger partial charge in [0, 0.05) is 6.42 Å². The number of aliphatic hydroxyl groups is 1. The number of thiophene rings is 1. The lowest BCUT2D eigenvalue weighted by Gasteiger charge is -2.24. The van der Waals surface area contributed by atoms with Crippen LogP contribution in [0.1, 0.15) is 55.8 Å². The van der Waals surface area contributed by atoms with E-state index < -0.39 is 11.6 Å². The molecule has 1 aliphatic rings. The fourth-order valence-corrected chi connectivity index (χ4v) is 5.16. The monoisotopic (exact) mass is 446 g/mol. The second kappa shape index (κ2) is 7.72. The van der Waals surface area contributed by atoms with Gasteiger partial charge < -0.3 is 9.84 Å². The predicted octanol–water partition coefficient (Wildman–Crippen LogP) is 5.46. The first-order chi connectivity index (χ1) is 12.7. The quantitative estimate of drug-likeness (QED) is 0.375. The Morgan fingerprint density at radius 1 is 1.15 bits per heavy atom. The summed E-state index contributed by atoms with van der Waals surface area (Å²) in [5.74, 6) is -0.666. The van der Waals surface area contributed by atoms with Crippen molar-refractivity contribution in [3.63, 3.8) is 0 Å². The number of halogens is 3. The summed E-state index contributed by atoms with van der Waals surface area (Å²) in [4.78, 5) is 26.0. The standard InChI is InChI=1S/C19H17Cl3O4S/c1-19(25,9-6-12(20)15(22)13(21)7-9)8-14(23)16-10-4-3-5-11(10)17(27-16)18(24)26-2/h6-7,25H,3-5,8H2,1-2H3. The average molecular weight is 448 g/mol. The van der Waals surface area contributed by atoms with Crippen molar-refractivity contribution in [1.29, 1.82) is 0 Å². The van der Waals surface area contributed by atoms with Gasteiger partial charge in [-0.15, -0.1) is 11.3 Å². The molecule has 1 aliphatic carbocycles. The van der Waals surface area contributed by atoms with Gasteiger partial charge in [0.05, 0.1) is 32.7 Å². The molecule has 0 spiro atoms. The number of Topliss-reactive ketones (excluding diaryl/α,β-unsaturated/α-hetero) is 1. The lowest BCUT2D eigenvalue weighted by atomic mass is 9.89. The van der Waals surface area contributed by atoms with Crippen molar-refractivity contribution in [1.82, 2.24) is 0 Å². The summed E-state index contributed by atoms with van der Waals surface area (Å²) in [6.45, 7) is 1.52. The van der Waals surface area contributed by atoms with Crippen molar-refractivity contribution in [3.8, 4) is 0 Å². The van der Waals surface area contributed by atoms with E-state index in [1.807, 2.05) is 0 Å². The zero-order chi connectivity index (χ0) is 19.9. The van der Waals surface area contributed by atoms with Crippen molar-refractivity contribution in [2.24, 2.45) is 0 Å². The number of benzene rings is 1. The Balaban J connectivity index is 1.92. The summed E-state index contributed by atoms with van der Waals surface area (Å²) in [5.41, 5.74) is 0.702. The molecule has 0 bridgehead atoms. The normalized spacial score (nSPS) is 15.3. The van der Waals surface area contributed by atoms with E-state index in [4.69, 9.17) is 39.5 Å². The molecule has 1 heterocycles. The first kappa shape index (κ1) is 20.6. The minimum atomic E-state index is -1.49. The number of ketones is 1. The first-order valence-electron chi connectivity index (χ1n) is 8.29. The Bertz CT molecular complexity index is 910. The van der Waals surface area contributed by atoms with Crippen molar-refractivity contribution in [3.05, 3.63) is 53.6 Å². The van der Waals surface area contributed by atoms with Crippen molar-refractivity contribution in [2.45, 2.75) is 38.2 Å². The van der Waals surface area contributed by atoms with Crippen LogP contribution >= 0.6 is 46.1 Å². The van der Waals surface area contributed by atoms with Gasteiger partial charge in [-0.2, -0.15) is 0 Å². The number of carbonyl (C=O) groups is 2. The zero-order valence-corrected chi connectivity index (χ0v) is 17.8. The smallest absolute Gasteiger partial charge is 0.348 e. The Kier molecular flexibility index (Phi) is 5.90. The molecule has 0 saturated heterocycles. The number of ether oxygens (including phenoxy) is 1. The molecule has 0 amide bonds. The third kappa shape index (κ3) is 3.89. The summed E-state index contributed by atoms with van der Waals surface area (Å²) in [5, 5.41) is 11.5. The van der Waals surface area contributed by atoms with Gasteiger partial charge in [0.1, 0.15) is 4.88 Å². The van der Waals surface area contributed by atoms with Crippen LogP contribution < -0.4 is 0 Å². The number of fused-ring (bicyclic) bond motifs is 1. The Morgan fingerprint density at radius 3 is 2.26 bits per heavy atom. The second-order valence-electron chi connectivity index (χ2n) is 6.69. The van der Waals surface area contributed by atoms with Crippen LogP contribution in [0.4, 0.5) is 0 Å². The Labute approximate surface area is 176 Å². The number of hydrogen-bond donors (Lipinski definition) is 1. The molecule has 1 atom stereocenters. The Hall–Kier alpha value is -1.11. The number of methoxy groups -OCH3 is 1. The molecule has 1 N–H and O–H groups in total. The molecule has 1 unspecified atom stereocenters. The summed E-state index contributed by atoms with van der Waals surface area (Å²) in [7, 11) is 1.32. The van der Waals surface area contributed by atoms with Gasteiger partial charge in [0.15, 0.2) is 5.78 Å². The van der Waals surface area contributed by atoms with Crippen molar-refractivity contribution < 1.29 is 19.4 Å². The van der Waals surface area contributed by atoms with E-state index in [9.17, 15) is 14.7 Å². The van der Waals surface area contributed by atoms with E-state index in [0.717, 1.165) is 41.7 Å². The topological polar surface area (TPSA) is 63.6 Å². The van der Waals surface area contributed by atoms with Gasteiger partial charge in [-0.05, 0) is 55.0 Å². The second-order valence-corrected chi connectivity index (χ2v) is 8.90. The molecule has 0 fully saturated rings. The van der Waals surface area contributed by atoms with Crippen molar-refractivity contribution >= 4 is 57.9 Å². The highest BCUT2D eigenvalue weighted by atomic mass is 35.5. The first-order valence-corrected chi connectivity index (χ1v) is 10.2. The maximum absolute atomic E-state index is 13.0. The minimum absolute atomic E-state index is 0.172. The number of rotatable bonds is 5. The van der Waals surface area contributed by atoms with Gasteiger partial charge >= 0.3 is 5.97 Å². The predicted molar refractivity (Wildman–Crippen MR) is 108 cm³/mol. The number of esters is 1. The fourth-order valence-electron chi connectivity index (χ4n) is 3.31. The van der Waals surface area contributed by atoms with E-state index in [1.54, 1.807) is 0 Å². The lowest BCUT2D eigenvalue weighted by molar-refractivity contribution is 0.0433. The number of carbonyl (C=O) groups excluding carboxylic acids is 2. The number of hydrogen-bond acceptors (Lipinski definition) is 5. The molecular weight excluding hydrogens is 431 g/mol. The summed E-state index contributed by atoms with van der Waals surface area (Å²) < 4.78 is 4.83. The molecule has 0 radical (unpaired) electrons. The van der Waals surface area contributed by atoms with Crippen LogP contribution in [-0.2, 0) is 23.2 Å². The molecule has 144 valence electrons. The van der Waals surface area contributed by atoms with Gasteiger partial charge in [-0.1, -0.05) is 34.8 Å². The lowest BCUT2D eigenvalue weighted by Crippen LogP contribution is -2.25. The van der Waals surface area contributed by atoms with E-state index in [-0.39, 0.29) is 27.3 Å². The largest absolute Gasteiger partial charge is 0.465 e. The maximum Gasteiger partial charge on any atom is 0.348 e. The van der Waals surface area contributed by atoms with Crippen LogP contribution in [0, 0.1) is 0 Å².